The predicted octanol–water partition coefficient (Wildman–Crippen LogP) is 3.30. The highest BCUT2D eigenvalue weighted by Crippen LogP contribution is 2.24. The standard InChI is InChI=1S/C18H21BrN2O3/c19-15-6-11-21(17(22)12-15)16-7-9-20(10-8-16)18(23)24-13-14-4-2-1-3-5-14/h1-5,12,16H,6-11,13H2. The van der Waals surface area contributed by atoms with Crippen LogP contribution in [-0.2, 0) is 16.1 Å². The van der Waals surface area contributed by atoms with Gasteiger partial charge < -0.3 is 14.5 Å². The molecule has 0 aromatic heterocycles. The summed E-state index contributed by atoms with van der Waals surface area (Å²) in [4.78, 5) is 27.9. The number of nitrogens with zero attached hydrogens (tertiary/aromatic N) is 2. The molecule has 3 rings (SSSR count). The van der Waals surface area contributed by atoms with Crippen LogP contribution in [0.3, 0.4) is 0 Å². The average molecular weight is 393 g/mol. The number of benzene rings is 1. The summed E-state index contributed by atoms with van der Waals surface area (Å²) in [6.45, 7) is 2.31. The zero-order valence-corrected chi connectivity index (χ0v) is 15.1. The number of hydrogen-bond donors (Lipinski definition) is 0. The molecular weight excluding hydrogens is 372 g/mol. The molecular formula is C18H21BrN2O3. The van der Waals surface area contributed by atoms with E-state index >= 15 is 0 Å². The minimum atomic E-state index is -0.273. The molecule has 2 amide bonds. The van der Waals surface area contributed by atoms with Crippen molar-refractivity contribution in [1.82, 2.24) is 9.80 Å². The second-order valence-corrected chi connectivity index (χ2v) is 7.15. The fraction of sp³-hybridized carbons (Fsp3) is 0.444. The van der Waals surface area contributed by atoms with Gasteiger partial charge in [0.15, 0.2) is 0 Å². The molecule has 0 spiro atoms. The molecule has 2 heterocycles. The molecule has 1 fully saturated rings. The Kier molecular flexibility index (Phi) is 5.56. The molecule has 0 aliphatic carbocycles. The van der Waals surface area contributed by atoms with Crippen molar-refractivity contribution < 1.29 is 14.3 Å². The summed E-state index contributed by atoms with van der Waals surface area (Å²) in [5.74, 6) is 0.0678. The molecule has 5 nitrogen and oxygen atoms in total. The van der Waals surface area contributed by atoms with Crippen molar-refractivity contribution in [2.24, 2.45) is 0 Å². The summed E-state index contributed by atoms with van der Waals surface area (Å²) < 4.78 is 6.34. The Balaban J connectivity index is 1.46. The molecule has 2 aliphatic heterocycles. The summed E-state index contributed by atoms with van der Waals surface area (Å²) in [6.07, 6.45) is 3.86. The molecule has 0 saturated carbocycles. The third-order valence-electron chi connectivity index (χ3n) is 4.52. The van der Waals surface area contributed by atoms with E-state index in [1.165, 1.54) is 0 Å². The van der Waals surface area contributed by atoms with E-state index in [0.29, 0.717) is 19.7 Å². The van der Waals surface area contributed by atoms with Crippen LogP contribution in [-0.4, -0.2) is 47.5 Å². The van der Waals surface area contributed by atoms with Crippen molar-refractivity contribution in [2.45, 2.75) is 31.9 Å². The highest BCUT2D eigenvalue weighted by Gasteiger charge is 2.30. The lowest BCUT2D eigenvalue weighted by Gasteiger charge is -2.39. The Morgan fingerprint density at radius 2 is 1.88 bits per heavy atom. The van der Waals surface area contributed by atoms with Gasteiger partial charge in [0.2, 0.25) is 5.91 Å². The highest BCUT2D eigenvalue weighted by molar-refractivity contribution is 9.11. The molecule has 24 heavy (non-hydrogen) atoms. The first-order chi connectivity index (χ1) is 11.6. The van der Waals surface area contributed by atoms with Gasteiger partial charge in [-0.3, -0.25) is 4.79 Å². The third kappa shape index (κ3) is 4.17. The van der Waals surface area contributed by atoms with Crippen LogP contribution < -0.4 is 0 Å². The number of carbonyl (C=O) groups excluding carboxylic acids is 2. The maximum absolute atomic E-state index is 12.2. The zero-order valence-electron chi connectivity index (χ0n) is 13.5. The van der Waals surface area contributed by atoms with Crippen LogP contribution in [0.4, 0.5) is 4.79 Å². The van der Waals surface area contributed by atoms with Crippen LogP contribution in [0, 0.1) is 0 Å². The summed E-state index contributed by atoms with van der Waals surface area (Å²) in [7, 11) is 0. The molecule has 0 atom stereocenters. The Labute approximate surface area is 150 Å². The van der Waals surface area contributed by atoms with E-state index in [1.807, 2.05) is 35.2 Å². The second-order valence-electron chi connectivity index (χ2n) is 6.13. The van der Waals surface area contributed by atoms with Crippen molar-refractivity contribution in [3.8, 4) is 0 Å². The van der Waals surface area contributed by atoms with Gasteiger partial charge in [-0.25, -0.2) is 4.79 Å². The lowest BCUT2D eigenvalue weighted by atomic mass is 10.0. The molecule has 0 N–H and O–H groups in total. The van der Waals surface area contributed by atoms with Crippen LogP contribution in [0.1, 0.15) is 24.8 Å². The van der Waals surface area contributed by atoms with E-state index in [-0.39, 0.29) is 18.0 Å². The molecule has 1 aromatic carbocycles. The summed E-state index contributed by atoms with van der Waals surface area (Å²) in [6, 6.07) is 9.88. The van der Waals surface area contributed by atoms with Gasteiger partial charge in [0.1, 0.15) is 6.61 Å². The van der Waals surface area contributed by atoms with Gasteiger partial charge in [0, 0.05) is 36.2 Å². The Morgan fingerprint density at radius 3 is 2.54 bits per heavy atom. The minimum absolute atomic E-state index is 0.0678. The Hall–Kier alpha value is -1.82. The first-order valence-electron chi connectivity index (χ1n) is 8.26. The van der Waals surface area contributed by atoms with Crippen molar-refractivity contribution in [3.63, 3.8) is 0 Å². The van der Waals surface area contributed by atoms with Gasteiger partial charge in [0.25, 0.3) is 0 Å². The van der Waals surface area contributed by atoms with Gasteiger partial charge in [-0.15, -0.1) is 0 Å². The van der Waals surface area contributed by atoms with E-state index in [9.17, 15) is 9.59 Å². The number of halogens is 1. The van der Waals surface area contributed by atoms with Crippen molar-refractivity contribution in [2.75, 3.05) is 19.6 Å². The molecule has 1 saturated heterocycles. The molecule has 0 radical (unpaired) electrons. The first-order valence-corrected chi connectivity index (χ1v) is 9.05. The molecule has 6 heteroatoms. The smallest absolute Gasteiger partial charge is 0.410 e. The summed E-state index contributed by atoms with van der Waals surface area (Å²) in [5, 5.41) is 0. The zero-order chi connectivity index (χ0) is 16.9. The monoisotopic (exact) mass is 392 g/mol. The number of hydrogen-bond acceptors (Lipinski definition) is 3. The van der Waals surface area contributed by atoms with Gasteiger partial charge in [-0.1, -0.05) is 46.3 Å². The number of amides is 2. The van der Waals surface area contributed by atoms with Crippen LogP contribution in [0.2, 0.25) is 0 Å². The molecule has 0 unspecified atom stereocenters. The fourth-order valence-electron chi connectivity index (χ4n) is 3.16. The van der Waals surface area contributed by atoms with E-state index in [0.717, 1.165) is 35.9 Å². The third-order valence-corrected chi connectivity index (χ3v) is 5.15. The molecule has 128 valence electrons. The van der Waals surface area contributed by atoms with Crippen LogP contribution in [0.15, 0.2) is 40.9 Å². The maximum atomic E-state index is 12.2. The van der Waals surface area contributed by atoms with Gasteiger partial charge in [-0.2, -0.15) is 0 Å². The number of ether oxygens (including phenoxy) is 1. The van der Waals surface area contributed by atoms with E-state index < -0.39 is 0 Å². The maximum Gasteiger partial charge on any atom is 0.410 e. The second kappa shape index (κ2) is 7.83. The minimum Gasteiger partial charge on any atom is -0.445 e. The van der Waals surface area contributed by atoms with E-state index in [4.69, 9.17) is 4.74 Å². The quantitative estimate of drug-likeness (QED) is 0.792. The first kappa shape index (κ1) is 17.0. The topological polar surface area (TPSA) is 49.9 Å². The van der Waals surface area contributed by atoms with Crippen molar-refractivity contribution in [3.05, 3.63) is 46.5 Å². The largest absolute Gasteiger partial charge is 0.445 e. The SMILES string of the molecule is O=C(OCc1ccccc1)N1CCC(N2CCC(Br)=CC2=O)CC1. The average Bonchev–Trinajstić information content (AvgIpc) is 2.61. The van der Waals surface area contributed by atoms with Crippen molar-refractivity contribution in [1.29, 1.82) is 0 Å². The Morgan fingerprint density at radius 1 is 1.17 bits per heavy atom. The van der Waals surface area contributed by atoms with Gasteiger partial charge in [-0.05, 0) is 24.8 Å². The van der Waals surface area contributed by atoms with E-state index in [1.54, 1.807) is 11.0 Å². The summed E-state index contributed by atoms with van der Waals surface area (Å²) >= 11 is 3.39. The lowest BCUT2D eigenvalue weighted by molar-refractivity contribution is -0.129. The number of carbonyl (C=O) groups is 2. The van der Waals surface area contributed by atoms with Crippen molar-refractivity contribution >= 4 is 27.9 Å². The lowest BCUT2D eigenvalue weighted by Crippen LogP contribution is -2.49. The fourth-order valence-corrected chi connectivity index (χ4v) is 3.53. The number of rotatable bonds is 3. The van der Waals surface area contributed by atoms with Crippen LogP contribution in [0.25, 0.3) is 0 Å². The van der Waals surface area contributed by atoms with Crippen LogP contribution >= 0.6 is 15.9 Å². The highest BCUT2D eigenvalue weighted by atomic mass is 79.9. The Bertz CT molecular complexity index is 624. The van der Waals surface area contributed by atoms with Gasteiger partial charge in [0.05, 0.1) is 0 Å². The molecule has 1 aromatic rings. The number of likely N-dealkylation sites (tertiary alicyclic amines) is 1. The summed E-state index contributed by atoms with van der Waals surface area (Å²) in [5.41, 5.74) is 0.983. The van der Waals surface area contributed by atoms with Gasteiger partial charge >= 0.3 is 6.09 Å². The normalized spacial score (nSPS) is 19.2. The molecule has 0 bridgehead atoms. The number of piperidine rings is 1. The van der Waals surface area contributed by atoms with E-state index in [2.05, 4.69) is 15.9 Å². The predicted molar refractivity (Wildman–Crippen MR) is 94.6 cm³/mol. The van der Waals surface area contributed by atoms with Crippen LogP contribution in [0.5, 0.6) is 0 Å². The molecule has 2 aliphatic rings.